The molecule has 0 saturated carbocycles. The second kappa shape index (κ2) is 15.8. The Labute approximate surface area is 190 Å². The Kier molecular flexibility index (Phi) is 13.8. The average molecular weight is 432 g/mol. The van der Waals surface area contributed by atoms with Gasteiger partial charge in [-0.25, -0.2) is 0 Å². The molecule has 0 atom stereocenters. The maximum absolute atomic E-state index is 11.5. The molecule has 0 aliphatic rings. The fourth-order valence-corrected chi connectivity index (χ4v) is 3.68. The third-order valence-corrected chi connectivity index (χ3v) is 5.81. The van der Waals surface area contributed by atoms with Gasteiger partial charge in [-0.3, -0.25) is 4.79 Å². The smallest absolute Gasteiger partial charge is 0.220 e. The minimum atomic E-state index is 0.109. The van der Waals surface area contributed by atoms with Gasteiger partial charge in [0, 0.05) is 19.0 Å². The number of rotatable bonds is 18. The average Bonchev–Trinajstić information content (AvgIpc) is 2.76. The van der Waals surface area contributed by atoms with Crippen molar-refractivity contribution in [2.24, 2.45) is 0 Å². The maximum Gasteiger partial charge on any atom is 0.220 e. The van der Waals surface area contributed by atoms with Crippen molar-refractivity contribution < 1.29 is 14.3 Å². The summed E-state index contributed by atoms with van der Waals surface area (Å²) in [6.45, 7) is 11.7. The summed E-state index contributed by atoms with van der Waals surface area (Å²) in [5.41, 5.74) is 1.39. The van der Waals surface area contributed by atoms with Gasteiger partial charge in [0.05, 0.1) is 13.7 Å². The Hall–Kier alpha value is -1.97. The van der Waals surface area contributed by atoms with Crippen molar-refractivity contribution in [2.75, 3.05) is 20.3 Å². The van der Waals surface area contributed by atoms with E-state index in [1.54, 1.807) is 13.2 Å². The molecule has 0 saturated heterocycles. The summed E-state index contributed by atoms with van der Waals surface area (Å²) in [5, 5.41) is 2.82. The van der Waals surface area contributed by atoms with Gasteiger partial charge in [-0.1, -0.05) is 71.8 Å². The fourth-order valence-electron chi connectivity index (χ4n) is 3.68. The Morgan fingerprint density at radius 1 is 1.00 bits per heavy atom. The van der Waals surface area contributed by atoms with Crippen molar-refractivity contribution in [1.29, 1.82) is 0 Å². The number of carbonyl (C=O) groups is 1. The molecule has 0 unspecified atom stereocenters. The number of hydrogen-bond acceptors (Lipinski definition) is 3. The summed E-state index contributed by atoms with van der Waals surface area (Å²) >= 11 is 0. The van der Waals surface area contributed by atoms with E-state index in [9.17, 15) is 4.79 Å². The van der Waals surface area contributed by atoms with Gasteiger partial charge in [-0.15, -0.1) is 6.58 Å². The van der Waals surface area contributed by atoms with Crippen LogP contribution in [0.15, 0.2) is 30.9 Å². The Balaban J connectivity index is 2.38. The largest absolute Gasteiger partial charge is 0.497 e. The monoisotopic (exact) mass is 431 g/mol. The molecule has 0 spiro atoms. The summed E-state index contributed by atoms with van der Waals surface area (Å²) in [4.78, 5) is 11.5. The van der Waals surface area contributed by atoms with Crippen molar-refractivity contribution >= 4 is 5.91 Å². The molecular formula is C27H45NO3. The number of unbranched alkanes of at least 4 members (excludes halogenated alkanes) is 7. The molecule has 1 aromatic rings. The zero-order chi connectivity index (χ0) is 23.0. The lowest BCUT2D eigenvalue weighted by Gasteiger charge is -2.26. The van der Waals surface area contributed by atoms with Gasteiger partial charge < -0.3 is 14.8 Å². The van der Waals surface area contributed by atoms with Crippen molar-refractivity contribution in [1.82, 2.24) is 5.32 Å². The highest BCUT2D eigenvalue weighted by Crippen LogP contribution is 2.35. The normalized spacial score (nSPS) is 11.2. The van der Waals surface area contributed by atoms with Crippen LogP contribution in [0, 0.1) is 0 Å². The quantitative estimate of drug-likeness (QED) is 0.202. The number of nitrogens with one attached hydrogen (secondary N) is 1. The van der Waals surface area contributed by atoms with Crippen molar-refractivity contribution in [3.8, 4) is 11.5 Å². The number of methoxy groups -OCH3 is 1. The SMILES string of the molecule is C=CCNC(=O)CCCCCCCOc1cc(OC)cc(C(C)(C)CCCCCC)c1. The number of ether oxygens (including phenoxy) is 2. The van der Waals surface area contributed by atoms with E-state index in [1.165, 1.54) is 37.7 Å². The van der Waals surface area contributed by atoms with Gasteiger partial charge in [0.1, 0.15) is 11.5 Å². The predicted molar refractivity (Wildman–Crippen MR) is 131 cm³/mol. The lowest BCUT2D eigenvalue weighted by atomic mass is 9.80. The molecule has 0 aromatic heterocycles. The van der Waals surface area contributed by atoms with Gasteiger partial charge in [-0.2, -0.15) is 0 Å². The van der Waals surface area contributed by atoms with Crippen LogP contribution in [0.25, 0.3) is 0 Å². The molecule has 0 aliphatic carbocycles. The Bertz CT molecular complexity index is 639. The molecule has 1 amide bonds. The molecule has 0 heterocycles. The molecule has 1 aromatic carbocycles. The van der Waals surface area contributed by atoms with Crippen LogP contribution in [-0.4, -0.2) is 26.2 Å². The van der Waals surface area contributed by atoms with Crippen LogP contribution in [0.3, 0.4) is 0 Å². The minimum absolute atomic E-state index is 0.109. The van der Waals surface area contributed by atoms with Crippen LogP contribution in [0.4, 0.5) is 0 Å². The standard InChI is InChI=1S/C27H45NO3/c1-6-8-9-14-17-27(3,4)23-20-24(30-5)22-25(21-23)31-19-15-12-10-11-13-16-26(29)28-18-7-2/h7,20-22H,2,6,8-19H2,1,3-5H3,(H,28,29). The highest BCUT2D eigenvalue weighted by Gasteiger charge is 2.22. The van der Waals surface area contributed by atoms with Crippen molar-refractivity contribution in [3.05, 3.63) is 36.4 Å². The fraction of sp³-hybridized carbons (Fsp3) is 0.667. The topological polar surface area (TPSA) is 47.6 Å². The molecular weight excluding hydrogens is 386 g/mol. The maximum atomic E-state index is 11.5. The second-order valence-electron chi connectivity index (χ2n) is 9.05. The summed E-state index contributed by atoms with van der Waals surface area (Å²) in [5.74, 6) is 1.88. The molecule has 4 nitrogen and oxygen atoms in total. The van der Waals surface area contributed by atoms with Gasteiger partial charge in [0.2, 0.25) is 5.91 Å². The first-order valence-electron chi connectivity index (χ1n) is 12.1. The van der Waals surface area contributed by atoms with E-state index in [2.05, 4.69) is 44.8 Å². The third-order valence-electron chi connectivity index (χ3n) is 5.81. The van der Waals surface area contributed by atoms with Gasteiger partial charge in [0.25, 0.3) is 0 Å². The molecule has 1 rings (SSSR count). The van der Waals surface area contributed by atoms with Gasteiger partial charge in [-0.05, 0) is 42.4 Å². The van der Waals surface area contributed by atoms with E-state index in [-0.39, 0.29) is 11.3 Å². The van der Waals surface area contributed by atoms with Gasteiger partial charge in [0.15, 0.2) is 0 Å². The highest BCUT2D eigenvalue weighted by molar-refractivity contribution is 5.75. The molecule has 176 valence electrons. The number of hydrogen-bond donors (Lipinski definition) is 1. The van der Waals surface area contributed by atoms with E-state index >= 15 is 0 Å². The summed E-state index contributed by atoms with van der Waals surface area (Å²) in [6, 6.07) is 6.32. The molecule has 31 heavy (non-hydrogen) atoms. The Morgan fingerprint density at radius 3 is 2.39 bits per heavy atom. The Morgan fingerprint density at radius 2 is 1.68 bits per heavy atom. The molecule has 4 heteroatoms. The second-order valence-corrected chi connectivity index (χ2v) is 9.05. The van der Waals surface area contributed by atoms with E-state index in [4.69, 9.17) is 9.47 Å². The number of benzene rings is 1. The van der Waals surface area contributed by atoms with Crippen molar-refractivity contribution in [3.63, 3.8) is 0 Å². The summed E-state index contributed by atoms with van der Waals surface area (Å²) < 4.78 is 11.6. The van der Waals surface area contributed by atoms with Crippen LogP contribution in [-0.2, 0) is 10.2 Å². The van der Waals surface area contributed by atoms with E-state index in [0.29, 0.717) is 19.6 Å². The lowest BCUT2D eigenvalue weighted by molar-refractivity contribution is -0.121. The predicted octanol–water partition coefficient (Wildman–Crippen LogP) is 6.96. The molecule has 0 bridgehead atoms. The first-order chi connectivity index (χ1) is 14.9. The highest BCUT2D eigenvalue weighted by atomic mass is 16.5. The van der Waals surface area contributed by atoms with E-state index < -0.39 is 0 Å². The molecule has 0 radical (unpaired) electrons. The minimum Gasteiger partial charge on any atom is -0.497 e. The van der Waals surface area contributed by atoms with E-state index in [0.717, 1.165) is 43.6 Å². The molecule has 1 N–H and O–H groups in total. The lowest BCUT2D eigenvalue weighted by Crippen LogP contribution is -2.22. The first kappa shape index (κ1) is 27.1. The van der Waals surface area contributed by atoms with Crippen LogP contribution < -0.4 is 14.8 Å². The number of amides is 1. The van der Waals surface area contributed by atoms with Gasteiger partial charge >= 0.3 is 0 Å². The number of carbonyl (C=O) groups excluding carboxylic acids is 1. The first-order valence-corrected chi connectivity index (χ1v) is 12.1. The third kappa shape index (κ3) is 11.9. The van der Waals surface area contributed by atoms with Crippen LogP contribution in [0.5, 0.6) is 11.5 Å². The zero-order valence-corrected chi connectivity index (χ0v) is 20.4. The van der Waals surface area contributed by atoms with Crippen LogP contribution in [0.2, 0.25) is 0 Å². The summed E-state index contributed by atoms with van der Waals surface area (Å²) in [6.07, 6.45) is 13.9. The molecule has 0 aliphatic heterocycles. The van der Waals surface area contributed by atoms with Crippen LogP contribution in [0.1, 0.15) is 97.0 Å². The van der Waals surface area contributed by atoms with Crippen molar-refractivity contribution in [2.45, 2.75) is 96.8 Å². The van der Waals surface area contributed by atoms with E-state index in [1.807, 2.05) is 6.07 Å². The zero-order valence-electron chi connectivity index (χ0n) is 20.4. The molecule has 0 fully saturated rings. The summed E-state index contributed by atoms with van der Waals surface area (Å²) in [7, 11) is 1.72. The van der Waals surface area contributed by atoms with Crippen LogP contribution >= 0.6 is 0 Å².